The molecule has 0 saturated carbocycles. The fourth-order valence-electron chi connectivity index (χ4n) is 2.52. The van der Waals surface area contributed by atoms with Crippen LogP contribution in [0.2, 0.25) is 0 Å². The summed E-state index contributed by atoms with van der Waals surface area (Å²) in [4.78, 5) is 12.8. The van der Waals surface area contributed by atoms with E-state index in [1.54, 1.807) is 6.92 Å². The smallest absolute Gasteiger partial charge is 0.145 e. The van der Waals surface area contributed by atoms with E-state index in [4.69, 9.17) is 0 Å². The van der Waals surface area contributed by atoms with Crippen LogP contribution in [0.3, 0.4) is 0 Å². The number of hydrogen-bond donors (Lipinski definition) is 0. The Morgan fingerprint density at radius 2 is 2.00 bits per heavy atom. The molecule has 19 heavy (non-hydrogen) atoms. The zero-order valence-electron chi connectivity index (χ0n) is 13.0. The molecule has 0 radical (unpaired) electrons. The van der Waals surface area contributed by atoms with E-state index in [2.05, 4.69) is 39.8 Å². The zero-order chi connectivity index (χ0) is 14.6. The highest BCUT2D eigenvalue weighted by Gasteiger charge is 2.16. The van der Waals surface area contributed by atoms with Gasteiger partial charge in [0, 0.05) is 12.7 Å². The molecule has 1 aromatic carbocycles. The van der Waals surface area contributed by atoms with E-state index in [0.29, 0.717) is 11.6 Å². The lowest BCUT2D eigenvalue weighted by atomic mass is 9.90. The fourth-order valence-corrected chi connectivity index (χ4v) is 2.52. The molecule has 0 atom stereocenters. The fraction of sp³-hybridized carbons (Fsp3) is 0.529. The van der Waals surface area contributed by atoms with Crippen LogP contribution in [-0.2, 0) is 11.2 Å². The van der Waals surface area contributed by atoms with Crippen molar-refractivity contribution >= 4 is 11.6 Å². The topological polar surface area (TPSA) is 20.3 Å². The Balaban J connectivity index is 3.48. The predicted octanol–water partition coefficient (Wildman–Crippen LogP) is 4.24. The van der Waals surface area contributed by atoms with Gasteiger partial charge in [-0.05, 0) is 48.9 Å². The van der Waals surface area contributed by atoms with E-state index in [-0.39, 0.29) is 0 Å². The second kappa shape index (κ2) is 6.58. The van der Waals surface area contributed by atoms with Gasteiger partial charge in [0.1, 0.15) is 5.94 Å². The van der Waals surface area contributed by atoms with E-state index >= 15 is 0 Å². The second-order valence-electron chi connectivity index (χ2n) is 5.51. The Kier molecular flexibility index (Phi) is 5.38. The normalized spacial score (nSPS) is 10.5. The second-order valence-corrected chi connectivity index (χ2v) is 5.51. The first-order chi connectivity index (χ1) is 8.92. The summed E-state index contributed by atoms with van der Waals surface area (Å²) < 4.78 is 0. The molecule has 0 unspecified atom stereocenters. The first-order valence-corrected chi connectivity index (χ1v) is 7.01. The van der Waals surface area contributed by atoms with Crippen molar-refractivity contribution in [3.63, 3.8) is 0 Å². The Morgan fingerprint density at radius 1 is 1.37 bits per heavy atom. The summed E-state index contributed by atoms with van der Waals surface area (Å²) in [6, 6.07) is 4.44. The molecule has 2 nitrogen and oxygen atoms in total. The molecule has 0 aliphatic carbocycles. The van der Waals surface area contributed by atoms with Gasteiger partial charge >= 0.3 is 0 Å². The van der Waals surface area contributed by atoms with Crippen LogP contribution < -0.4 is 4.90 Å². The average Bonchev–Trinajstić information content (AvgIpc) is 2.36. The molecule has 0 N–H and O–H groups in total. The maximum absolute atomic E-state index is 10.9. The first kappa shape index (κ1) is 15.5. The third-order valence-electron chi connectivity index (χ3n) is 3.50. The van der Waals surface area contributed by atoms with Crippen LogP contribution in [0.1, 0.15) is 56.7 Å². The molecule has 0 aromatic heterocycles. The third kappa shape index (κ3) is 3.48. The molecule has 0 bridgehead atoms. The van der Waals surface area contributed by atoms with Crippen LogP contribution in [-0.4, -0.2) is 13.0 Å². The monoisotopic (exact) mass is 259 g/mol. The molecule has 0 aliphatic heterocycles. The van der Waals surface area contributed by atoms with Gasteiger partial charge in [-0.25, -0.2) is 4.79 Å². The SMILES string of the molecule is CCCc1cc(C)cc(N(C)C(C)=C=O)c1C(C)C. The summed E-state index contributed by atoms with van der Waals surface area (Å²) in [6.07, 6.45) is 2.22. The summed E-state index contributed by atoms with van der Waals surface area (Å²) in [5.41, 5.74) is 5.75. The summed E-state index contributed by atoms with van der Waals surface area (Å²) in [7, 11) is 1.94. The van der Waals surface area contributed by atoms with E-state index in [0.717, 1.165) is 18.5 Å². The van der Waals surface area contributed by atoms with Gasteiger partial charge in [0.25, 0.3) is 0 Å². The lowest BCUT2D eigenvalue weighted by molar-refractivity contribution is 0.566. The third-order valence-corrected chi connectivity index (χ3v) is 3.50. The highest BCUT2D eigenvalue weighted by molar-refractivity contribution is 5.68. The molecule has 1 aromatic rings. The van der Waals surface area contributed by atoms with Crippen LogP contribution in [0.5, 0.6) is 0 Å². The average molecular weight is 259 g/mol. The summed E-state index contributed by atoms with van der Waals surface area (Å²) in [5.74, 6) is 2.44. The number of nitrogens with zero attached hydrogens (tertiary/aromatic N) is 1. The number of allylic oxidation sites excluding steroid dienone is 1. The molecular formula is C17H25NO. The molecule has 0 fully saturated rings. The van der Waals surface area contributed by atoms with E-state index in [1.807, 2.05) is 17.9 Å². The van der Waals surface area contributed by atoms with Gasteiger partial charge in [0.05, 0.1) is 5.70 Å². The molecule has 0 spiro atoms. The molecule has 104 valence electrons. The van der Waals surface area contributed by atoms with Gasteiger partial charge in [-0.3, -0.25) is 0 Å². The van der Waals surface area contributed by atoms with Crippen molar-refractivity contribution in [2.45, 2.75) is 53.4 Å². The quantitative estimate of drug-likeness (QED) is 0.737. The lowest BCUT2D eigenvalue weighted by Crippen LogP contribution is -2.18. The van der Waals surface area contributed by atoms with Crippen molar-refractivity contribution in [2.75, 3.05) is 11.9 Å². The molecule has 0 heterocycles. The minimum absolute atomic E-state index is 0.444. The van der Waals surface area contributed by atoms with E-state index in [1.165, 1.54) is 16.7 Å². The number of anilines is 1. The van der Waals surface area contributed by atoms with Gasteiger partial charge in [-0.1, -0.05) is 33.3 Å². The molecule has 2 heteroatoms. The maximum Gasteiger partial charge on any atom is 0.145 e. The van der Waals surface area contributed by atoms with Crippen LogP contribution in [0.15, 0.2) is 17.8 Å². The number of aryl methyl sites for hydroxylation is 2. The number of carbonyl (C=O) groups excluding carboxylic acids is 1. The summed E-state index contributed by atoms with van der Waals surface area (Å²) in [6.45, 7) is 10.5. The van der Waals surface area contributed by atoms with Gasteiger partial charge in [-0.15, -0.1) is 0 Å². The Bertz CT molecular complexity index is 496. The molecule has 0 amide bonds. The highest BCUT2D eigenvalue weighted by atomic mass is 16.1. The number of rotatable bonds is 5. The molecule has 0 aliphatic rings. The van der Waals surface area contributed by atoms with Gasteiger partial charge in [0.15, 0.2) is 0 Å². The standard InChI is InChI=1S/C17H25NO/c1-7-8-15-9-13(4)10-16(17(15)12(2)3)18(6)14(5)11-19/h9-10,12H,7-8H2,1-6H3. The highest BCUT2D eigenvalue weighted by Crippen LogP contribution is 2.33. The number of benzene rings is 1. The van der Waals surface area contributed by atoms with Gasteiger partial charge in [-0.2, -0.15) is 0 Å². The predicted molar refractivity (Wildman–Crippen MR) is 82.5 cm³/mol. The minimum atomic E-state index is 0.444. The van der Waals surface area contributed by atoms with Crippen molar-refractivity contribution in [3.05, 3.63) is 34.5 Å². The van der Waals surface area contributed by atoms with Crippen molar-refractivity contribution in [1.82, 2.24) is 0 Å². The van der Waals surface area contributed by atoms with Crippen molar-refractivity contribution in [2.24, 2.45) is 0 Å². The largest absolute Gasteiger partial charge is 0.339 e. The van der Waals surface area contributed by atoms with Crippen LogP contribution in [0.25, 0.3) is 0 Å². The molecule has 0 saturated heterocycles. The minimum Gasteiger partial charge on any atom is -0.339 e. The van der Waals surface area contributed by atoms with Crippen LogP contribution in [0.4, 0.5) is 5.69 Å². The lowest BCUT2D eigenvalue weighted by Gasteiger charge is -2.26. The zero-order valence-corrected chi connectivity index (χ0v) is 13.0. The summed E-state index contributed by atoms with van der Waals surface area (Å²) in [5, 5.41) is 0. The maximum atomic E-state index is 10.9. The van der Waals surface area contributed by atoms with Gasteiger partial charge in [0.2, 0.25) is 0 Å². The van der Waals surface area contributed by atoms with Crippen molar-refractivity contribution < 1.29 is 4.79 Å². The van der Waals surface area contributed by atoms with Crippen molar-refractivity contribution in [3.8, 4) is 0 Å². The van der Waals surface area contributed by atoms with Crippen molar-refractivity contribution in [1.29, 1.82) is 0 Å². The Labute approximate surface area is 117 Å². The van der Waals surface area contributed by atoms with E-state index < -0.39 is 0 Å². The molecular weight excluding hydrogens is 234 g/mol. The number of hydrogen-bond acceptors (Lipinski definition) is 2. The van der Waals surface area contributed by atoms with E-state index in [9.17, 15) is 4.79 Å². The Morgan fingerprint density at radius 3 is 2.47 bits per heavy atom. The van der Waals surface area contributed by atoms with Crippen LogP contribution in [0, 0.1) is 6.92 Å². The van der Waals surface area contributed by atoms with Crippen LogP contribution >= 0.6 is 0 Å². The first-order valence-electron chi connectivity index (χ1n) is 7.01. The summed E-state index contributed by atoms with van der Waals surface area (Å²) >= 11 is 0. The Hall–Kier alpha value is -1.53. The van der Waals surface area contributed by atoms with Gasteiger partial charge < -0.3 is 4.90 Å². The molecule has 1 rings (SSSR count).